The van der Waals surface area contributed by atoms with E-state index in [-0.39, 0.29) is 4.90 Å². The summed E-state index contributed by atoms with van der Waals surface area (Å²) in [6.07, 6.45) is 0. The fourth-order valence-corrected chi connectivity index (χ4v) is 2.15. The first kappa shape index (κ1) is 12.6. The summed E-state index contributed by atoms with van der Waals surface area (Å²) in [6.45, 7) is 1.95. The number of hydrogen-bond acceptors (Lipinski definition) is 4. The molecule has 0 heterocycles. The van der Waals surface area contributed by atoms with E-state index in [2.05, 4.69) is 5.48 Å². The minimum absolute atomic E-state index is 0.115. The Kier molecular flexibility index (Phi) is 3.64. The van der Waals surface area contributed by atoms with Crippen LogP contribution in [0.15, 0.2) is 59.5 Å². The van der Waals surface area contributed by atoms with Crippen LogP contribution < -0.4 is 5.48 Å². The van der Waals surface area contributed by atoms with Crippen LogP contribution in [0, 0.1) is 6.92 Å². The summed E-state index contributed by atoms with van der Waals surface area (Å²) in [5.41, 5.74) is 4.10. The van der Waals surface area contributed by atoms with Gasteiger partial charge in [-0.2, -0.15) is 8.42 Å². The molecular weight excluding hydrogens is 250 g/mol. The van der Waals surface area contributed by atoms with Gasteiger partial charge < -0.3 is 0 Å². The summed E-state index contributed by atoms with van der Waals surface area (Å²) in [6, 6.07) is 15.2. The highest BCUT2D eigenvalue weighted by molar-refractivity contribution is 7.86. The maximum atomic E-state index is 11.8. The van der Waals surface area contributed by atoms with Gasteiger partial charge in [-0.05, 0) is 31.2 Å². The SMILES string of the molecule is Cc1ccc(NOS(=O)(=O)c2ccccc2)cc1. The second kappa shape index (κ2) is 5.20. The van der Waals surface area contributed by atoms with Crippen molar-refractivity contribution in [3.63, 3.8) is 0 Å². The monoisotopic (exact) mass is 263 g/mol. The molecule has 0 aliphatic rings. The molecule has 0 fully saturated rings. The maximum Gasteiger partial charge on any atom is 0.317 e. The van der Waals surface area contributed by atoms with Gasteiger partial charge in [-0.15, -0.1) is 4.28 Å². The zero-order valence-corrected chi connectivity index (χ0v) is 10.6. The Hall–Kier alpha value is -1.85. The van der Waals surface area contributed by atoms with Gasteiger partial charge in [-0.25, -0.2) is 5.48 Å². The van der Waals surface area contributed by atoms with Crippen LogP contribution in [0.4, 0.5) is 5.69 Å². The van der Waals surface area contributed by atoms with Gasteiger partial charge in [0.2, 0.25) is 0 Å². The largest absolute Gasteiger partial charge is 0.317 e. The Bertz CT molecular complexity index is 606. The van der Waals surface area contributed by atoms with Crippen LogP contribution in [0.2, 0.25) is 0 Å². The topological polar surface area (TPSA) is 55.4 Å². The van der Waals surface area contributed by atoms with Crippen molar-refractivity contribution >= 4 is 15.8 Å². The van der Waals surface area contributed by atoms with E-state index in [9.17, 15) is 8.42 Å². The summed E-state index contributed by atoms with van der Waals surface area (Å²) < 4.78 is 28.3. The van der Waals surface area contributed by atoms with E-state index in [4.69, 9.17) is 4.28 Å². The van der Waals surface area contributed by atoms with Gasteiger partial charge in [0, 0.05) is 0 Å². The fraction of sp³-hybridized carbons (Fsp3) is 0.0769. The van der Waals surface area contributed by atoms with Crippen LogP contribution >= 0.6 is 0 Å². The third-order valence-electron chi connectivity index (χ3n) is 2.35. The van der Waals surface area contributed by atoms with E-state index in [1.807, 2.05) is 19.1 Å². The number of aryl methyl sites for hydroxylation is 1. The van der Waals surface area contributed by atoms with Crippen molar-refractivity contribution in [2.45, 2.75) is 11.8 Å². The average Bonchev–Trinajstić information content (AvgIpc) is 2.39. The van der Waals surface area contributed by atoms with E-state index in [0.29, 0.717) is 5.69 Å². The van der Waals surface area contributed by atoms with Gasteiger partial charge in [0.1, 0.15) is 0 Å². The number of rotatable bonds is 4. The van der Waals surface area contributed by atoms with Crippen molar-refractivity contribution in [2.24, 2.45) is 0 Å². The van der Waals surface area contributed by atoms with Gasteiger partial charge in [0.15, 0.2) is 0 Å². The van der Waals surface area contributed by atoms with Gasteiger partial charge in [-0.3, -0.25) is 0 Å². The molecule has 94 valence electrons. The zero-order chi connectivity index (χ0) is 13.0. The lowest BCUT2D eigenvalue weighted by Crippen LogP contribution is -2.11. The predicted molar refractivity (Wildman–Crippen MR) is 69.5 cm³/mol. The third-order valence-corrected chi connectivity index (χ3v) is 3.50. The first-order chi connectivity index (χ1) is 8.58. The van der Waals surface area contributed by atoms with Gasteiger partial charge in [0.25, 0.3) is 0 Å². The second-order valence-electron chi connectivity index (χ2n) is 3.82. The first-order valence-electron chi connectivity index (χ1n) is 5.39. The summed E-state index contributed by atoms with van der Waals surface area (Å²) in [5, 5.41) is 0. The minimum atomic E-state index is -3.78. The van der Waals surface area contributed by atoms with Crippen LogP contribution in [0.5, 0.6) is 0 Å². The molecule has 0 saturated heterocycles. The molecule has 0 aromatic heterocycles. The molecule has 0 amide bonds. The molecule has 18 heavy (non-hydrogen) atoms. The zero-order valence-electron chi connectivity index (χ0n) is 9.83. The second-order valence-corrected chi connectivity index (χ2v) is 5.36. The smallest absolute Gasteiger partial charge is 0.249 e. The Morgan fingerprint density at radius 3 is 2.17 bits per heavy atom. The number of benzene rings is 2. The Morgan fingerprint density at radius 1 is 0.944 bits per heavy atom. The van der Waals surface area contributed by atoms with E-state index in [1.165, 1.54) is 12.1 Å². The molecule has 0 radical (unpaired) electrons. The van der Waals surface area contributed by atoms with E-state index in [0.717, 1.165) is 5.56 Å². The summed E-state index contributed by atoms with van der Waals surface area (Å²) in [4.78, 5) is 0.115. The quantitative estimate of drug-likeness (QED) is 0.862. The molecule has 0 aliphatic heterocycles. The van der Waals surface area contributed by atoms with Crippen LogP contribution in [0.1, 0.15) is 5.56 Å². The molecule has 2 aromatic carbocycles. The molecule has 5 heteroatoms. The van der Waals surface area contributed by atoms with Crippen LogP contribution in [0.3, 0.4) is 0 Å². The van der Waals surface area contributed by atoms with Crippen molar-refractivity contribution < 1.29 is 12.7 Å². The van der Waals surface area contributed by atoms with Crippen LogP contribution in [-0.4, -0.2) is 8.42 Å². The summed E-state index contributed by atoms with van der Waals surface area (Å²) in [7, 11) is -3.78. The predicted octanol–water partition coefficient (Wildman–Crippen LogP) is 2.73. The van der Waals surface area contributed by atoms with E-state index in [1.54, 1.807) is 30.3 Å². The molecule has 0 saturated carbocycles. The minimum Gasteiger partial charge on any atom is -0.249 e. The van der Waals surface area contributed by atoms with Crippen molar-refractivity contribution in [1.29, 1.82) is 0 Å². The standard InChI is InChI=1S/C13H13NO3S/c1-11-7-9-12(10-8-11)14-17-18(15,16)13-5-3-2-4-6-13/h2-10,14H,1H3. The molecule has 4 nitrogen and oxygen atoms in total. The highest BCUT2D eigenvalue weighted by Gasteiger charge is 2.14. The molecular formula is C13H13NO3S. The molecule has 1 N–H and O–H groups in total. The molecule has 0 unspecified atom stereocenters. The van der Waals surface area contributed by atoms with Crippen molar-refractivity contribution in [3.8, 4) is 0 Å². The Morgan fingerprint density at radius 2 is 1.56 bits per heavy atom. The summed E-state index contributed by atoms with van der Waals surface area (Å²) in [5.74, 6) is 0. The van der Waals surface area contributed by atoms with Crippen molar-refractivity contribution in [3.05, 3.63) is 60.2 Å². The average molecular weight is 263 g/mol. The molecule has 0 spiro atoms. The number of anilines is 1. The van der Waals surface area contributed by atoms with Crippen LogP contribution in [0.25, 0.3) is 0 Å². The normalized spacial score (nSPS) is 11.2. The van der Waals surface area contributed by atoms with Gasteiger partial charge in [-0.1, -0.05) is 35.9 Å². The van der Waals surface area contributed by atoms with Gasteiger partial charge >= 0.3 is 10.1 Å². The highest BCUT2D eigenvalue weighted by atomic mass is 32.2. The van der Waals surface area contributed by atoms with Crippen molar-refractivity contribution in [2.75, 3.05) is 5.48 Å². The number of hydrogen-bond donors (Lipinski definition) is 1. The molecule has 0 bridgehead atoms. The number of nitrogens with one attached hydrogen (secondary N) is 1. The Balaban J connectivity index is 2.08. The molecule has 0 aliphatic carbocycles. The lowest BCUT2D eigenvalue weighted by atomic mass is 10.2. The van der Waals surface area contributed by atoms with Crippen LogP contribution in [-0.2, 0) is 14.4 Å². The Labute approximate surface area is 106 Å². The van der Waals surface area contributed by atoms with Crippen molar-refractivity contribution in [1.82, 2.24) is 0 Å². The maximum absolute atomic E-state index is 11.8. The first-order valence-corrected chi connectivity index (χ1v) is 6.80. The molecule has 2 rings (SSSR count). The third kappa shape index (κ3) is 3.09. The molecule has 2 aromatic rings. The summed E-state index contributed by atoms with van der Waals surface area (Å²) >= 11 is 0. The highest BCUT2D eigenvalue weighted by Crippen LogP contribution is 2.14. The lowest BCUT2D eigenvalue weighted by Gasteiger charge is -2.07. The fourth-order valence-electron chi connectivity index (χ4n) is 1.36. The van der Waals surface area contributed by atoms with E-state index < -0.39 is 10.1 Å². The lowest BCUT2D eigenvalue weighted by molar-refractivity contribution is 0.391. The molecule has 0 atom stereocenters. The van der Waals surface area contributed by atoms with E-state index >= 15 is 0 Å². The van der Waals surface area contributed by atoms with Gasteiger partial charge in [0.05, 0.1) is 10.6 Å².